The zero-order valence-electron chi connectivity index (χ0n) is 11.6. The van der Waals surface area contributed by atoms with Gasteiger partial charge < -0.3 is 10.6 Å². The monoisotopic (exact) mass is 249 g/mol. The SMILES string of the molecule is CCN(CC)C1CCN(c2nc(N)ncc2C)C1. The Bertz CT molecular complexity index is 402. The molecule has 1 aromatic heterocycles. The van der Waals surface area contributed by atoms with Gasteiger partial charge in [-0.2, -0.15) is 4.98 Å². The van der Waals surface area contributed by atoms with Crippen molar-refractivity contribution in [1.29, 1.82) is 0 Å². The van der Waals surface area contributed by atoms with Crippen molar-refractivity contribution in [3.05, 3.63) is 11.8 Å². The first-order valence-electron chi connectivity index (χ1n) is 6.73. The maximum atomic E-state index is 5.68. The second-order valence-electron chi connectivity index (χ2n) is 4.84. The minimum absolute atomic E-state index is 0.363. The van der Waals surface area contributed by atoms with E-state index in [-0.39, 0.29) is 0 Å². The predicted octanol–water partition coefficient (Wildman–Crippen LogP) is 1.29. The van der Waals surface area contributed by atoms with Crippen LogP contribution in [0, 0.1) is 6.92 Å². The van der Waals surface area contributed by atoms with Gasteiger partial charge in [-0.3, -0.25) is 4.90 Å². The van der Waals surface area contributed by atoms with Crippen molar-refractivity contribution in [2.24, 2.45) is 0 Å². The summed E-state index contributed by atoms with van der Waals surface area (Å²) in [5.74, 6) is 1.36. The van der Waals surface area contributed by atoms with Crippen LogP contribution in [0.2, 0.25) is 0 Å². The average molecular weight is 249 g/mol. The molecule has 1 aliphatic rings. The molecule has 1 saturated heterocycles. The Morgan fingerprint density at radius 1 is 1.44 bits per heavy atom. The Balaban J connectivity index is 2.10. The number of hydrogen-bond donors (Lipinski definition) is 1. The lowest BCUT2D eigenvalue weighted by Gasteiger charge is -2.26. The lowest BCUT2D eigenvalue weighted by atomic mass is 10.2. The van der Waals surface area contributed by atoms with Crippen molar-refractivity contribution < 1.29 is 0 Å². The van der Waals surface area contributed by atoms with Gasteiger partial charge in [0, 0.05) is 30.9 Å². The number of aryl methyl sites for hydroxylation is 1. The number of nitrogens with zero attached hydrogens (tertiary/aromatic N) is 4. The number of aromatic nitrogens is 2. The molecule has 0 aliphatic carbocycles. The third-order valence-corrected chi connectivity index (χ3v) is 3.76. The van der Waals surface area contributed by atoms with Gasteiger partial charge in [0.2, 0.25) is 5.95 Å². The Morgan fingerprint density at radius 3 is 2.83 bits per heavy atom. The number of nitrogens with two attached hydrogens (primary N) is 1. The molecule has 5 heteroatoms. The summed E-state index contributed by atoms with van der Waals surface area (Å²) >= 11 is 0. The van der Waals surface area contributed by atoms with Crippen LogP contribution in [0.25, 0.3) is 0 Å². The molecule has 0 amide bonds. The van der Waals surface area contributed by atoms with Gasteiger partial charge in [0.25, 0.3) is 0 Å². The lowest BCUT2D eigenvalue weighted by molar-refractivity contribution is 0.232. The van der Waals surface area contributed by atoms with Crippen molar-refractivity contribution >= 4 is 11.8 Å². The minimum Gasteiger partial charge on any atom is -0.368 e. The molecule has 2 heterocycles. The van der Waals surface area contributed by atoms with Crippen molar-refractivity contribution in [3.63, 3.8) is 0 Å². The summed E-state index contributed by atoms with van der Waals surface area (Å²) in [6.07, 6.45) is 3.01. The predicted molar refractivity (Wildman–Crippen MR) is 74.7 cm³/mol. The Kier molecular flexibility index (Phi) is 4.01. The van der Waals surface area contributed by atoms with Crippen LogP contribution in [0.3, 0.4) is 0 Å². The molecule has 5 nitrogen and oxygen atoms in total. The van der Waals surface area contributed by atoms with E-state index in [2.05, 4.69) is 33.6 Å². The van der Waals surface area contributed by atoms with E-state index in [0.29, 0.717) is 12.0 Å². The molecule has 2 N–H and O–H groups in total. The topological polar surface area (TPSA) is 58.3 Å². The van der Waals surface area contributed by atoms with E-state index in [1.807, 2.05) is 13.1 Å². The minimum atomic E-state index is 0.363. The van der Waals surface area contributed by atoms with Gasteiger partial charge in [-0.05, 0) is 26.4 Å². The van der Waals surface area contributed by atoms with Gasteiger partial charge in [-0.25, -0.2) is 4.98 Å². The second kappa shape index (κ2) is 5.52. The van der Waals surface area contributed by atoms with E-state index < -0.39 is 0 Å². The second-order valence-corrected chi connectivity index (χ2v) is 4.84. The number of likely N-dealkylation sites (N-methyl/N-ethyl adjacent to an activating group) is 1. The van der Waals surface area contributed by atoms with E-state index in [4.69, 9.17) is 5.73 Å². The molecule has 1 fully saturated rings. The first kappa shape index (κ1) is 13.1. The molecule has 0 bridgehead atoms. The van der Waals surface area contributed by atoms with Crippen molar-refractivity contribution in [1.82, 2.24) is 14.9 Å². The van der Waals surface area contributed by atoms with Crippen molar-refractivity contribution in [2.75, 3.05) is 36.8 Å². The molecule has 0 spiro atoms. The van der Waals surface area contributed by atoms with Gasteiger partial charge >= 0.3 is 0 Å². The number of rotatable bonds is 4. The number of nitrogen functional groups attached to an aromatic ring is 1. The maximum absolute atomic E-state index is 5.68. The molecule has 0 aromatic carbocycles. The Morgan fingerprint density at radius 2 is 2.17 bits per heavy atom. The van der Waals surface area contributed by atoms with Gasteiger partial charge in [0.15, 0.2) is 0 Å². The summed E-state index contributed by atoms with van der Waals surface area (Å²) < 4.78 is 0. The molecule has 100 valence electrons. The fourth-order valence-electron chi connectivity index (χ4n) is 2.74. The number of hydrogen-bond acceptors (Lipinski definition) is 5. The Hall–Kier alpha value is -1.36. The highest BCUT2D eigenvalue weighted by atomic mass is 15.3. The van der Waals surface area contributed by atoms with E-state index in [1.54, 1.807) is 0 Å². The summed E-state index contributed by atoms with van der Waals surface area (Å²) in [6, 6.07) is 0.635. The van der Waals surface area contributed by atoms with Crippen molar-refractivity contribution in [2.45, 2.75) is 33.2 Å². The molecule has 0 saturated carbocycles. The van der Waals surface area contributed by atoms with Crippen LogP contribution in [0.4, 0.5) is 11.8 Å². The molecule has 1 aromatic rings. The molecular formula is C13H23N5. The average Bonchev–Trinajstić information content (AvgIpc) is 2.83. The van der Waals surface area contributed by atoms with Crippen LogP contribution < -0.4 is 10.6 Å². The van der Waals surface area contributed by atoms with E-state index in [0.717, 1.165) is 37.6 Å². The Labute approximate surface area is 109 Å². The van der Waals surface area contributed by atoms with Gasteiger partial charge in [0.1, 0.15) is 5.82 Å². The summed E-state index contributed by atoms with van der Waals surface area (Å²) in [7, 11) is 0. The summed E-state index contributed by atoms with van der Waals surface area (Å²) in [5, 5.41) is 0. The van der Waals surface area contributed by atoms with E-state index in [9.17, 15) is 0 Å². The van der Waals surface area contributed by atoms with Crippen LogP contribution in [0.1, 0.15) is 25.8 Å². The largest absolute Gasteiger partial charge is 0.368 e. The van der Waals surface area contributed by atoms with Crippen LogP contribution in [-0.2, 0) is 0 Å². The van der Waals surface area contributed by atoms with Crippen LogP contribution in [-0.4, -0.2) is 47.1 Å². The molecule has 1 unspecified atom stereocenters. The highest BCUT2D eigenvalue weighted by Crippen LogP contribution is 2.24. The van der Waals surface area contributed by atoms with E-state index >= 15 is 0 Å². The summed E-state index contributed by atoms with van der Waals surface area (Å²) in [6.45, 7) is 10.8. The van der Waals surface area contributed by atoms with Gasteiger partial charge in [0.05, 0.1) is 0 Å². The molecule has 1 atom stereocenters. The van der Waals surface area contributed by atoms with Crippen LogP contribution in [0.5, 0.6) is 0 Å². The fraction of sp³-hybridized carbons (Fsp3) is 0.692. The molecule has 2 rings (SSSR count). The normalized spacial score (nSPS) is 19.8. The first-order chi connectivity index (χ1) is 8.65. The summed E-state index contributed by atoms with van der Waals surface area (Å²) in [5.41, 5.74) is 6.78. The third-order valence-electron chi connectivity index (χ3n) is 3.76. The quantitative estimate of drug-likeness (QED) is 0.871. The first-order valence-corrected chi connectivity index (χ1v) is 6.73. The summed E-state index contributed by atoms with van der Waals surface area (Å²) in [4.78, 5) is 13.2. The van der Waals surface area contributed by atoms with Gasteiger partial charge in [-0.1, -0.05) is 13.8 Å². The standard InChI is InChI=1S/C13H23N5/c1-4-17(5-2)11-6-7-18(9-11)12-10(3)8-15-13(14)16-12/h8,11H,4-7,9H2,1-3H3,(H2,14,15,16). The van der Waals surface area contributed by atoms with E-state index in [1.165, 1.54) is 6.42 Å². The zero-order valence-corrected chi connectivity index (χ0v) is 11.6. The highest BCUT2D eigenvalue weighted by molar-refractivity contribution is 5.49. The molecule has 18 heavy (non-hydrogen) atoms. The maximum Gasteiger partial charge on any atom is 0.221 e. The van der Waals surface area contributed by atoms with Crippen LogP contribution in [0.15, 0.2) is 6.20 Å². The lowest BCUT2D eigenvalue weighted by Crippen LogP contribution is -2.37. The smallest absolute Gasteiger partial charge is 0.221 e. The van der Waals surface area contributed by atoms with Crippen LogP contribution >= 0.6 is 0 Å². The molecule has 1 aliphatic heterocycles. The highest BCUT2D eigenvalue weighted by Gasteiger charge is 2.27. The zero-order chi connectivity index (χ0) is 13.1. The molecular weight excluding hydrogens is 226 g/mol. The third kappa shape index (κ3) is 2.56. The van der Waals surface area contributed by atoms with Gasteiger partial charge in [-0.15, -0.1) is 0 Å². The molecule has 0 radical (unpaired) electrons. The fourth-order valence-corrected chi connectivity index (χ4v) is 2.74. The number of anilines is 2. The van der Waals surface area contributed by atoms with Crippen molar-refractivity contribution in [3.8, 4) is 0 Å².